The summed E-state index contributed by atoms with van der Waals surface area (Å²) in [5.41, 5.74) is 2.58. The van der Waals surface area contributed by atoms with E-state index in [0.29, 0.717) is 12.2 Å². The number of rotatable bonds is 7. The van der Waals surface area contributed by atoms with Crippen molar-refractivity contribution >= 4 is 11.9 Å². The first-order valence-corrected chi connectivity index (χ1v) is 7.91. The number of aryl methyl sites for hydroxylation is 1. The molecule has 128 valence electrons. The minimum absolute atomic E-state index is 0.0998. The molecule has 6 heteroatoms. The third kappa shape index (κ3) is 4.68. The second-order valence-electron chi connectivity index (χ2n) is 6.23. The number of carboxylic acid groups (broad SMARTS) is 1. The molecule has 0 saturated heterocycles. The minimum atomic E-state index is -0.936. The monoisotopic (exact) mass is 330 g/mol. The standard InChI is InChI=1S/C18H22N2O4/c1-12(2)11-20(9-8-17(21)22)18(23)16-10-15(19-24-16)14-6-4-13(3)5-7-14/h4-7,10,12H,8-9,11H2,1-3H3,(H,21,22). The summed E-state index contributed by atoms with van der Waals surface area (Å²) in [5, 5.41) is 12.8. The number of carboxylic acids is 1. The Labute approximate surface area is 141 Å². The van der Waals surface area contributed by atoms with E-state index in [-0.39, 0.29) is 30.6 Å². The van der Waals surface area contributed by atoms with E-state index in [1.54, 1.807) is 6.07 Å². The Morgan fingerprint density at radius 2 is 1.92 bits per heavy atom. The molecule has 2 aromatic rings. The van der Waals surface area contributed by atoms with Crippen LogP contribution < -0.4 is 0 Å². The number of carbonyl (C=O) groups excluding carboxylic acids is 1. The molecule has 24 heavy (non-hydrogen) atoms. The molecule has 0 aliphatic carbocycles. The lowest BCUT2D eigenvalue weighted by Gasteiger charge is -2.22. The topological polar surface area (TPSA) is 83.6 Å². The van der Waals surface area contributed by atoms with Crippen molar-refractivity contribution in [3.63, 3.8) is 0 Å². The van der Waals surface area contributed by atoms with Crippen molar-refractivity contribution in [3.8, 4) is 11.3 Å². The van der Waals surface area contributed by atoms with Gasteiger partial charge in [-0.25, -0.2) is 0 Å². The van der Waals surface area contributed by atoms with Crippen LogP contribution in [0.2, 0.25) is 0 Å². The first-order valence-electron chi connectivity index (χ1n) is 7.91. The fourth-order valence-electron chi connectivity index (χ4n) is 2.34. The van der Waals surface area contributed by atoms with Gasteiger partial charge in [-0.15, -0.1) is 0 Å². The van der Waals surface area contributed by atoms with Crippen molar-refractivity contribution in [2.24, 2.45) is 5.92 Å². The van der Waals surface area contributed by atoms with Gasteiger partial charge in [0.05, 0.1) is 6.42 Å². The zero-order chi connectivity index (χ0) is 17.7. The highest BCUT2D eigenvalue weighted by molar-refractivity contribution is 5.92. The third-order valence-corrected chi connectivity index (χ3v) is 3.54. The quantitative estimate of drug-likeness (QED) is 0.842. The van der Waals surface area contributed by atoms with Gasteiger partial charge in [-0.2, -0.15) is 0 Å². The van der Waals surface area contributed by atoms with E-state index in [9.17, 15) is 9.59 Å². The molecule has 2 rings (SSSR count). The molecule has 0 aliphatic heterocycles. The van der Waals surface area contributed by atoms with Gasteiger partial charge in [0.15, 0.2) is 0 Å². The maximum atomic E-state index is 12.6. The number of nitrogens with zero attached hydrogens (tertiary/aromatic N) is 2. The van der Waals surface area contributed by atoms with Crippen molar-refractivity contribution < 1.29 is 19.2 Å². The SMILES string of the molecule is Cc1ccc(-c2cc(C(=O)N(CCC(=O)O)CC(C)C)on2)cc1. The molecular formula is C18H22N2O4. The maximum Gasteiger partial charge on any atom is 0.305 e. The van der Waals surface area contributed by atoms with Crippen LogP contribution >= 0.6 is 0 Å². The van der Waals surface area contributed by atoms with Crippen molar-refractivity contribution in [2.75, 3.05) is 13.1 Å². The van der Waals surface area contributed by atoms with E-state index >= 15 is 0 Å². The highest BCUT2D eigenvalue weighted by Gasteiger charge is 2.22. The number of aliphatic carboxylic acids is 1. The lowest BCUT2D eigenvalue weighted by atomic mass is 10.1. The van der Waals surface area contributed by atoms with Gasteiger partial charge in [0.25, 0.3) is 5.91 Å². The Bertz CT molecular complexity index is 704. The molecule has 1 N–H and O–H groups in total. The van der Waals surface area contributed by atoms with Crippen LogP contribution in [0.15, 0.2) is 34.9 Å². The normalized spacial score (nSPS) is 10.8. The van der Waals surface area contributed by atoms with Gasteiger partial charge in [0, 0.05) is 24.7 Å². The molecule has 0 aliphatic rings. The first kappa shape index (κ1) is 17.7. The smallest absolute Gasteiger partial charge is 0.305 e. The average molecular weight is 330 g/mol. The van der Waals surface area contributed by atoms with Crippen LogP contribution in [0.4, 0.5) is 0 Å². The molecule has 6 nitrogen and oxygen atoms in total. The fourth-order valence-corrected chi connectivity index (χ4v) is 2.34. The van der Waals surface area contributed by atoms with E-state index in [1.807, 2.05) is 45.0 Å². The number of hydrogen-bond donors (Lipinski definition) is 1. The first-order chi connectivity index (χ1) is 11.4. The number of benzene rings is 1. The minimum Gasteiger partial charge on any atom is -0.481 e. The molecule has 0 bridgehead atoms. The molecular weight excluding hydrogens is 308 g/mol. The van der Waals surface area contributed by atoms with Crippen LogP contribution in [0.3, 0.4) is 0 Å². The molecule has 0 unspecified atom stereocenters. The molecule has 1 aromatic heterocycles. The summed E-state index contributed by atoms with van der Waals surface area (Å²) in [6.45, 7) is 6.55. The van der Waals surface area contributed by atoms with E-state index in [0.717, 1.165) is 11.1 Å². The Hall–Kier alpha value is -2.63. The van der Waals surface area contributed by atoms with Crippen molar-refractivity contribution in [2.45, 2.75) is 27.2 Å². The number of carbonyl (C=O) groups is 2. The highest BCUT2D eigenvalue weighted by Crippen LogP contribution is 2.20. The maximum absolute atomic E-state index is 12.6. The van der Waals surface area contributed by atoms with Gasteiger partial charge in [0.2, 0.25) is 5.76 Å². The van der Waals surface area contributed by atoms with E-state index in [2.05, 4.69) is 5.16 Å². The summed E-state index contributed by atoms with van der Waals surface area (Å²) < 4.78 is 5.19. The third-order valence-electron chi connectivity index (χ3n) is 3.54. The van der Waals surface area contributed by atoms with Crippen LogP contribution in [-0.2, 0) is 4.79 Å². The summed E-state index contributed by atoms with van der Waals surface area (Å²) >= 11 is 0. The summed E-state index contributed by atoms with van der Waals surface area (Å²) in [7, 11) is 0. The van der Waals surface area contributed by atoms with Crippen molar-refractivity contribution in [1.29, 1.82) is 0 Å². The van der Waals surface area contributed by atoms with Gasteiger partial charge < -0.3 is 14.5 Å². The summed E-state index contributed by atoms with van der Waals surface area (Å²) in [6, 6.07) is 9.35. The number of amides is 1. The van der Waals surface area contributed by atoms with Crippen LogP contribution in [0.5, 0.6) is 0 Å². The number of aromatic nitrogens is 1. The second-order valence-corrected chi connectivity index (χ2v) is 6.23. The molecule has 1 heterocycles. The van der Waals surface area contributed by atoms with E-state index < -0.39 is 5.97 Å². The zero-order valence-corrected chi connectivity index (χ0v) is 14.2. The summed E-state index contributed by atoms with van der Waals surface area (Å²) in [4.78, 5) is 24.9. The average Bonchev–Trinajstić information content (AvgIpc) is 3.01. The van der Waals surface area contributed by atoms with Crippen molar-refractivity contribution in [1.82, 2.24) is 10.1 Å². The molecule has 1 amide bonds. The van der Waals surface area contributed by atoms with E-state index in [1.165, 1.54) is 4.90 Å². The summed E-state index contributed by atoms with van der Waals surface area (Å²) in [5.74, 6) is -0.927. The molecule has 0 spiro atoms. The summed E-state index contributed by atoms with van der Waals surface area (Å²) in [6.07, 6.45) is -0.0998. The lowest BCUT2D eigenvalue weighted by Crippen LogP contribution is -2.35. The Balaban J connectivity index is 2.17. The second kappa shape index (κ2) is 7.77. The molecule has 1 aromatic carbocycles. The molecule has 0 saturated carbocycles. The predicted molar refractivity (Wildman–Crippen MR) is 89.7 cm³/mol. The highest BCUT2D eigenvalue weighted by atomic mass is 16.5. The van der Waals surface area contributed by atoms with Crippen LogP contribution in [-0.4, -0.2) is 40.1 Å². The zero-order valence-electron chi connectivity index (χ0n) is 14.2. The van der Waals surface area contributed by atoms with Gasteiger partial charge in [-0.05, 0) is 12.8 Å². The Morgan fingerprint density at radius 3 is 2.50 bits per heavy atom. The predicted octanol–water partition coefficient (Wildman–Crippen LogP) is 3.22. The molecule has 0 radical (unpaired) electrons. The van der Waals surface area contributed by atoms with Gasteiger partial charge in [-0.3, -0.25) is 9.59 Å². The van der Waals surface area contributed by atoms with Gasteiger partial charge in [-0.1, -0.05) is 48.8 Å². The molecule has 0 fully saturated rings. The van der Waals surface area contributed by atoms with Gasteiger partial charge >= 0.3 is 5.97 Å². The fraction of sp³-hybridized carbons (Fsp3) is 0.389. The Kier molecular flexibility index (Phi) is 5.73. The van der Waals surface area contributed by atoms with E-state index in [4.69, 9.17) is 9.63 Å². The lowest BCUT2D eigenvalue weighted by molar-refractivity contribution is -0.137. The van der Waals surface area contributed by atoms with Crippen LogP contribution in [0, 0.1) is 12.8 Å². The number of hydrogen-bond acceptors (Lipinski definition) is 4. The van der Waals surface area contributed by atoms with Crippen LogP contribution in [0.25, 0.3) is 11.3 Å². The van der Waals surface area contributed by atoms with Gasteiger partial charge in [0.1, 0.15) is 5.69 Å². The van der Waals surface area contributed by atoms with Crippen LogP contribution in [0.1, 0.15) is 36.4 Å². The molecule has 0 atom stereocenters. The largest absolute Gasteiger partial charge is 0.481 e. The Morgan fingerprint density at radius 1 is 1.25 bits per heavy atom. The van der Waals surface area contributed by atoms with Crippen molar-refractivity contribution in [3.05, 3.63) is 41.7 Å².